The Labute approximate surface area is 165 Å². The third kappa shape index (κ3) is 4.42. The maximum Gasteiger partial charge on any atom is 0.317 e. The average Bonchev–Trinajstić information content (AvgIpc) is 2.96. The van der Waals surface area contributed by atoms with Crippen LogP contribution >= 0.6 is 0 Å². The highest BCUT2D eigenvalue weighted by atomic mass is 16.4. The van der Waals surface area contributed by atoms with Crippen molar-refractivity contribution in [1.82, 2.24) is 20.0 Å². The van der Waals surface area contributed by atoms with E-state index in [4.69, 9.17) is 5.11 Å². The molecule has 0 spiro atoms. The Kier molecular flexibility index (Phi) is 5.84. The molecule has 0 aliphatic heterocycles. The van der Waals surface area contributed by atoms with E-state index in [2.05, 4.69) is 16.5 Å². The number of hydrogen-bond donors (Lipinski definition) is 2. The molecule has 150 valence electrons. The average molecular weight is 384 g/mol. The number of nitrogens with zero attached hydrogens (tertiary/aromatic N) is 3. The molecular weight excluding hydrogens is 356 g/mol. The number of benzene rings is 1. The molecule has 1 amide bonds. The molecular formula is C21H28N4O3. The van der Waals surface area contributed by atoms with E-state index < -0.39 is 5.97 Å². The summed E-state index contributed by atoms with van der Waals surface area (Å²) in [6, 6.07) is 8.27. The minimum Gasteiger partial charge on any atom is -0.480 e. The molecule has 0 saturated heterocycles. The smallest absolute Gasteiger partial charge is 0.317 e. The number of nitrogens with one attached hydrogen (secondary N) is 1. The molecule has 0 unspecified atom stereocenters. The number of aryl methyl sites for hydroxylation is 3. The predicted octanol–water partition coefficient (Wildman–Crippen LogP) is 2.46. The van der Waals surface area contributed by atoms with E-state index in [0.29, 0.717) is 12.2 Å². The summed E-state index contributed by atoms with van der Waals surface area (Å²) < 4.78 is 1.80. The van der Waals surface area contributed by atoms with E-state index in [1.54, 1.807) is 10.7 Å². The summed E-state index contributed by atoms with van der Waals surface area (Å²) in [4.78, 5) is 25.5. The van der Waals surface area contributed by atoms with Crippen molar-refractivity contribution in [3.63, 3.8) is 0 Å². The lowest BCUT2D eigenvalue weighted by Crippen LogP contribution is -2.54. The first-order valence-electron chi connectivity index (χ1n) is 9.69. The van der Waals surface area contributed by atoms with Crippen molar-refractivity contribution >= 4 is 11.9 Å². The number of amides is 1. The van der Waals surface area contributed by atoms with Gasteiger partial charge < -0.3 is 10.4 Å². The predicted molar refractivity (Wildman–Crippen MR) is 107 cm³/mol. The van der Waals surface area contributed by atoms with Crippen LogP contribution < -0.4 is 5.32 Å². The van der Waals surface area contributed by atoms with Crippen LogP contribution in [0.1, 0.15) is 47.1 Å². The van der Waals surface area contributed by atoms with Gasteiger partial charge in [-0.1, -0.05) is 13.0 Å². The van der Waals surface area contributed by atoms with Crippen molar-refractivity contribution in [2.45, 2.75) is 52.6 Å². The largest absolute Gasteiger partial charge is 0.480 e. The first kappa shape index (κ1) is 20.1. The van der Waals surface area contributed by atoms with Gasteiger partial charge in [0.1, 0.15) is 0 Å². The number of carbonyl (C=O) groups excluding carboxylic acids is 1. The Hall–Kier alpha value is -2.67. The van der Waals surface area contributed by atoms with E-state index in [1.165, 1.54) is 0 Å². The van der Waals surface area contributed by atoms with Gasteiger partial charge in [-0.15, -0.1) is 0 Å². The lowest BCUT2D eigenvalue weighted by Gasteiger charge is -2.42. The van der Waals surface area contributed by atoms with Gasteiger partial charge in [0.2, 0.25) is 0 Å². The number of hydrogen-bond acceptors (Lipinski definition) is 4. The van der Waals surface area contributed by atoms with Crippen molar-refractivity contribution in [3.05, 3.63) is 46.8 Å². The maximum absolute atomic E-state index is 12.6. The molecule has 2 N–H and O–H groups in total. The fraction of sp³-hybridized carbons (Fsp3) is 0.476. The molecule has 1 aromatic carbocycles. The fourth-order valence-corrected chi connectivity index (χ4v) is 3.86. The first-order valence-corrected chi connectivity index (χ1v) is 9.69. The van der Waals surface area contributed by atoms with E-state index in [0.717, 1.165) is 35.3 Å². The topological polar surface area (TPSA) is 87.5 Å². The molecule has 1 aliphatic rings. The first-order chi connectivity index (χ1) is 13.3. The zero-order valence-corrected chi connectivity index (χ0v) is 16.9. The molecule has 7 nitrogen and oxygen atoms in total. The van der Waals surface area contributed by atoms with Crippen LogP contribution in [0.3, 0.4) is 0 Å². The second-order valence-corrected chi connectivity index (χ2v) is 7.68. The monoisotopic (exact) mass is 384 g/mol. The standard InChI is InChI=1S/C21H28N4O3/c1-5-24(12-20(26)27)17-10-16(11-17)22-21(28)19-9-15(4)25(23-19)18-7-13(2)6-14(3)8-18/h6-9,16-17H,5,10-12H2,1-4H3,(H,22,28)(H,26,27). The van der Waals surface area contributed by atoms with E-state index >= 15 is 0 Å². The number of carboxylic acid groups (broad SMARTS) is 1. The number of rotatable bonds is 7. The fourth-order valence-electron chi connectivity index (χ4n) is 3.86. The Morgan fingerprint density at radius 3 is 2.39 bits per heavy atom. The van der Waals surface area contributed by atoms with Crippen molar-refractivity contribution in [2.24, 2.45) is 0 Å². The van der Waals surface area contributed by atoms with Crippen LogP contribution in [0.5, 0.6) is 0 Å². The van der Waals surface area contributed by atoms with Crippen LogP contribution in [0, 0.1) is 20.8 Å². The molecule has 3 rings (SSSR count). The highest BCUT2D eigenvalue weighted by Gasteiger charge is 2.35. The third-order valence-corrected chi connectivity index (χ3v) is 5.28. The van der Waals surface area contributed by atoms with E-state index in [9.17, 15) is 9.59 Å². The van der Waals surface area contributed by atoms with Gasteiger partial charge in [-0.3, -0.25) is 14.5 Å². The lowest BCUT2D eigenvalue weighted by atomic mass is 9.85. The zero-order chi connectivity index (χ0) is 20.4. The quantitative estimate of drug-likeness (QED) is 0.766. The van der Waals surface area contributed by atoms with Crippen molar-refractivity contribution < 1.29 is 14.7 Å². The third-order valence-electron chi connectivity index (χ3n) is 5.28. The van der Waals surface area contributed by atoms with Crippen LogP contribution in [0.15, 0.2) is 24.3 Å². The highest BCUT2D eigenvalue weighted by molar-refractivity contribution is 5.92. The Morgan fingerprint density at radius 2 is 1.82 bits per heavy atom. The lowest BCUT2D eigenvalue weighted by molar-refractivity contribution is -0.139. The van der Waals surface area contributed by atoms with Gasteiger partial charge >= 0.3 is 5.97 Å². The number of likely N-dealkylation sites (N-methyl/N-ethyl adjacent to an activating group) is 1. The molecule has 2 aromatic rings. The van der Waals surface area contributed by atoms with Gasteiger partial charge in [0.15, 0.2) is 5.69 Å². The van der Waals surface area contributed by atoms with Crippen LogP contribution in [0.4, 0.5) is 0 Å². The molecule has 1 aliphatic carbocycles. The molecule has 0 atom stereocenters. The summed E-state index contributed by atoms with van der Waals surface area (Å²) >= 11 is 0. The molecule has 1 saturated carbocycles. The zero-order valence-electron chi connectivity index (χ0n) is 16.9. The van der Waals surface area contributed by atoms with E-state index in [-0.39, 0.29) is 24.5 Å². The van der Waals surface area contributed by atoms with Gasteiger partial charge in [0.25, 0.3) is 5.91 Å². The number of carbonyl (C=O) groups is 2. The molecule has 1 fully saturated rings. The summed E-state index contributed by atoms with van der Waals surface area (Å²) in [6.45, 7) is 8.71. The van der Waals surface area contributed by atoms with Gasteiger partial charge in [-0.05, 0) is 69.5 Å². The Balaban J connectivity index is 1.63. The summed E-state index contributed by atoms with van der Waals surface area (Å²) in [5.41, 5.74) is 4.56. The summed E-state index contributed by atoms with van der Waals surface area (Å²) in [5.74, 6) is -1.00. The molecule has 7 heteroatoms. The maximum atomic E-state index is 12.6. The molecule has 28 heavy (non-hydrogen) atoms. The van der Waals surface area contributed by atoms with Crippen LogP contribution in [-0.2, 0) is 4.79 Å². The van der Waals surface area contributed by atoms with Crippen LogP contribution in [0.2, 0.25) is 0 Å². The van der Waals surface area contributed by atoms with E-state index in [1.807, 2.05) is 44.7 Å². The van der Waals surface area contributed by atoms with Gasteiger partial charge in [-0.25, -0.2) is 4.68 Å². The number of aliphatic carboxylic acids is 1. The minimum atomic E-state index is -0.818. The molecule has 1 heterocycles. The summed E-state index contributed by atoms with van der Waals surface area (Å²) in [5, 5.41) is 16.5. The highest BCUT2D eigenvalue weighted by Crippen LogP contribution is 2.26. The molecule has 0 bridgehead atoms. The second kappa shape index (κ2) is 8.14. The van der Waals surface area contributed by atoms with Crippen LogP contribution in [-0.4, -0.2) is 56.8 Å². The molecule has 1 aromatic heterocycles. The number of carboxylic acids is 1. The Bertz CT molecular complexity index is 864. The van der Waals surface area contributed by atoms with Crippen molar-refractivity contribution in [2.75, 3.05) is 13.1 Å². The SMILES string of the molecule is CCN(CC(=O)O)C1CC(NC(=O)c2cc(C)n(-c3cc(C)cc(C)c3)n2)C1. The van der Waals surface area contributed by atoms with Crippen LogP contribution in [0.25, 0.3) is 5.69 Å². The summed E-state index contributed by atoms with van der Waals surface area (Å²) in [7, 11) is 0. The van der Waals surface area contributed by atoms with Crippen molar-refractivity contribution in [3.8, 4) is 5.69 Å². The summed E-state index contributed by atoms with van der Waals surface area (Å²) in [6.07, 6.45) is 1.53. The Morgan fingerprint density at radius 1 is 1.18 bits per heavy atom. The number of aromatic nitrogens is 2. The normalized spacial score (nSPS) is 18.8. The van der Waals surface area contributed by atoms with Crippen molar-refractivity contribution in [1.29, 1.82) is 0 Å². The van der Waals surface area contributed by atoms with Gasteiger partial charge in [-0.2, -0.15) is 5.10 Å². The minimum absolute atomic E-state index is 0.0430. The molecule has 0 radical (unpaired) electrons. The van der Waals surface area contributed by atoms with Gasteiger partial charge in [0, 0.05) is 17.8 Å². The second-order valence-electron chi connectivity index (χ2n) is 7.68. The van der Waals surface area contributed by atoms with Gasteiger partial charge in [0.05, 0.1) is 12.2 Å².